The van der Waals surface area contributed by atoms with Crippen LogP contribution in [0.5, 0.6) is 5.75 Å². The summed E-state index contributed by atoms with van der Waals surface area (Å²) in [5.74, 6) is 0.486. The fraction of sp³-hybridized carbons (Fsp3) is 0.760. The van der Waals surface area contributed by atoms with E-state index < -0.39 is 0 Å². The molecule has 1 unspecified atom stereocenters. The van der Waals surface area contributed by atoms with Crippen LogP contribution >= 0.6 is 0 Å². The highest BCUT2D eigenvalue weighted by Gasteiger charge is 2.20. The molecular weight excluding hydrogens is 330 g/mol. The second-order valence-corrected chi connectivity index (χ2v) is 8.55. The number of phenolic OH excluding ortho intramolecular Hbond substituents is 1. The van der Waals surface area contributed by atoms with Gasteiger partial charge in [0.15, 0.2) is 0 Å². The molecule has 1 aliphatic rings. The quantitative estimate of drug-likeness (QED) is 0.327. The highest BCUT2D eigenvalue weighted by atomic mass is 16.3. The van der Waals surface area contributed by atoms with Gasteiger partial charge in [-0.25, -0.2) is 0 Å². The summed E-state index contributed by atoms with van der Waals surface area (Å²) in [6.45, 7) is 3.42. The van der Waals surface area contributed by atoms with Crippen LogP contribution in [0.2, 0.25) is 0 Å². The fourth-order valence-electron chi connectivity index (χ4n) is 4.39. The molecular formula is C25H43NO. The molecule has 2 rings (SSSR count). The van der Waals surface area contributed by atoms with E-state index in [2.05, 4.69) is 18.3 Å². The smallest absolute Gasteiger partial charge is 0.119 e. The van der Waals surface area contributed by atoms with Crippen molar-refractivity contribution in [2.24, 2.45) is 0 Å². The Hall–Kier alpha value is -1.02. The van der Waals surface area contributed by atoms with E-state index in [1.165, 1.54) is 101 Å². The first-order valence-corrected chi connectivity index (χ1v) is 11.8. The van der Waals surface area contributed by atoms with E-state index in [1.54, 1.807) is 0 Å². The minimum absolute atomic E-state index is 0.486. The zero-order valence-corrected chi connectivity index (χ0v) is 17.8. The topological polar surface area (TPSA) is 32.3 Å². The van der Waals surface area contributed by atoms with E-state index in [9.17, 15) is 5.11 Å². The van der Waals surface area contributed by atoms with Crippen molar-refractivity contribution in [1.29, 1.82) is 0 Å². The number of hydrogen-bond acceptors (Lipinski definition) is 2. The van der Waals surface area contributed by atoms with Crippen LogP contribution in [0.3, 0.4) is 0 Å². The van der Waals surface area contributed by atoms with Crippen molar-refractivity contribution in [3.05, 3.63) is 29.3 Å². The van der Waals surface area contributed by atoms with Crippen LogP contribution in [0.4, 0.5) is 0 Å². The molecule has 1 aromatic rings. The molecule has 0 bridgehead atoms. The van der Waals surface area contributed by atoms with Gasteiger partial charge in [0.05, 0.1) is 0 Å². The molecule has 0 saturated carbocycles. The summed E-state index contributed by atoms with van der Waals surface area (Å²) in [6, 6.07) is 6.50. The SMILES string of the molecule is CCCCCCCCCCCCCCCNC1CCc2cccc(O)c2C1. The number of aryl methyl sites for hydroxylation is 1. The summed E-state index contributed by atoms with van der Waals surface area (Å²) in [7, 11) is 0. The van der Waals surface area contributed by atoms with Gasteiger partial charge in [-0.05, 0) is 49.4 Å². The Labute approximate surface area is 168 Å². The predicted octanol–water partition coefficient (Wildman–Crippen LogP) is 6.93. The lowest BCUT2D eigenvalue weighted by molar-refractivity contribution is 0.421. The number of aromatic hydroxyl groups is 1. The van der Waals surface area contributed by atoms with Crippen LogP contribution in [0.25, 0.3) is 0 Å². The zero-order valence-electron chi connectivity index (χ0n) is 17.8. The van der Waals surface area contributed by atoms with Crippen molar-refractivity contribution in [2.45, 2.75) is 116 Å². The van der Waals surface area contributed by atoms with Gasteiger partial charge in [-0.3, -0.25) is 0 Å². The summed E-state index contributed by atoms with van der Waals surface area (Å²) in [6.07, 6.45) is 21.7. The highest BCUT2D eigenvalue weighted by molar-refractivity contribution is 5.41. The van der Waals surface area contributed by atoms with Crippen molar-refractivity contribution < 1.29 is 5.11 Å². The summed E-state index contributed by atoms with van der Waals surface area (Å²) < 4.78 is 0. The molecule has 2 nitrogen and oxygen atoms in total. The Kier molecular flexibility index (Phi) is 11.6. The van der Waals surface area contributed by atoms with E-state index in [0.29, 0.717) is 11.8 Å². The van der Waals surface area contributed by atoms with E-state index in [4.69, 9.17) is 0 Å². The first-order chi connectivity index (χ1) is 13.3. The molecule has 0 heterocycles. The molecule has 1 atom stereocenters. The van der Waals surface area contributed by atoms with Crippen LogP contribution in [-0.2, 0) is 12.8 Å². The maximum absolute atomic E-state index is 10.0. The zero-order chi connectivity index (χ0) is 19.2. The van der Waals surface area contributed by atoms with Gasteiger partial charge in [-0.15, -0.1) is 0 Å². The van der Waals surface area contributed by atoms with Crippen molar-refractivity contribution in [3.63, 3.8) is 0 Å². The number of nitrogens with one attached hydrogen (secondary N) is 1. The van der Waals surface area contributed by atoms with Gasteiger partial charge in [0, 0.05) is 6.04 Å². The van der Waals surface area contributed by atoms with Crippen molar-refractivity contribution in [1.82, 2.24) is 5.32 Å². The first-order valence-electron chi connectivity index (χ1n) is 11.8. The van der Waals surface area contributed by atoms with E-state index in [-0.39, 0.29) is 0 Å². The molecule has 0 spiro atoms. The maximum Gasteiger partial charge on any atom is 0.119 e. The number of benzene rings is 1. The van der Waals surface area contributed by atoms with Crippen LogP contribution in [0.1, 0.15) is 108 Å². The number of fused-ring (bicyclic) bond motifs is 1. The molecule has 1 aliphatic carbocycles. The van der Waals surface area contributed by atoms with E-state index in [1.807, 2.05) is 12.1 Å². The van der Waals surface area contributed by atoms with Gasteiger partial charge in [-0.2, -0.15) is 0 Å². The lowest BCUT2D eigenvalue weighted by Gasteiger charge is -2.26. The summed E-state index contributed by atoms with van der Waals surface area (Å²) in [5, 5.41) is 13.8. The average Bonchev–Trinajstić information content (AvgIpc) is 2.69. The minimum Gasteiger partial charge on any atom is -0.508 e. The average molecular weight is 374 g/mol. The fourth-order valence-corrected chi connectivity index (χ4v) is 4.39. The van der Waals surface area contributed by atoms with Gasteiger partial charge < -0.3 is 10.4 Å². The van der Waals surface area contributed by atoms with Gasteiger partial charge in [0.2, 0.25) is 0 Å². The number of hydrogen-bond donors (Lipinski definition) is 2. The summed E-state index contributed by atoms with van der Waals surface area (Å²) in [4.78, 5) is 0. The molecule has 27 heavy (non-hydrogen) atoms. The van der Waals surface area contributed by atoms with Gasteiger partial charge >= 0.3 is 0 Å². The number of unbranched alkanes of at least 4 members (excludes halogenated alkanes) is 12. The maximum atomic E-state index is 10.0. The third-order valence-electron chi connectivity index (χ3n) is 6.17. The summed E-state index contributed by atoms with van der Waals surface area (Å²) in [5.41, 5.74) is 2.51. The van der Waals surface area contributed by atoms with Crippen LogP contribution in [-0.4, -0.2) is 17.7 Å². The third-order valence-corrected chi connectivity index (χ3v) is 6.17. The van der Waals surface area contributed by atoms with Crippen LogP contribution in [0, 0.1) is 0 Å². The lowest BCUT2D eigenvalue weighted by atomic mass is 9.87. The number of phenols is 1. The summed E-state index contributed by atoms with van der Waals surface area (Å²) >= 11 is 0. The molecule has 154 valence electrons. The predicted molar refractivity (Wildman–Crippen MR) is 118 cm³/mol. The van der Waals surface area contributed by atoms with Crippen molar-refractivity contribution >= 4 is 0 Å². The largest absolute Gasteiger partial charge is 0.508 e. The molecule has 0 aliphatic heterocycles. The third kappa shape index (κ3) is 9.14. The van der Waals surface area contributed by atoms with Crippen LogP contribution < -0.4 is 5.32 Å². The Bertz CT molecular complexity index is 499. The Morgan fingerprint density at radius 3 is 2.07 bits per heavy atom. The second-order valence-electron chi connectivity index (χ2n) is 8.55. The van der Waals surface area contributed by atoms with E-state index >= 15 is 0 Å². The standard InChI is InChI=1S/C25H43NO/c1-2-3-4-5-6-7-8-9-10-11-12-13-14-20-26-23-19-18-22-16-15-17-25(27)24(22)21-23/h15-17,23,26-27H,2-14,18-21H2,1H3. The highest BCUT2D eigenvalue weighted by Crippen LogP contribution is 2.28. The Morgan fingerprint density at radius 1 is 0.852 bits per heavy atom. The van der Waals surface area contributed by atoms with E-state index in [0.717, 1.165) is 19.4 Å². The van der Waals surface area contributed by atoms with Gasteiger partial charge in [0.25, 0.3) is 0 Å². The van der Waals surface area contributed by atoms with Gasteiger partial charge in [0.1, 0.15) is 5.75 Å². The minimum atomic E-state index is 0.486. The normalized spacial score (nSPS) is 16.4. The molecule has 2 heteroatoms. The molecule has 0 aromatic heterocycles. The van der Waals surface area contributed by atoms with Crippen molar-refractivity contribution in [3.8, 4) is 5.75 Å². The number of rotatable bonds is 15. The molecule has 0 saturated heterocycles. The molecule has 0 fully saturated rings. The van der Waals surface area contributed by atoms with Gasteiger partial charge in [-0.1, -0.05) is 96.1 Å². The first kappa shape index (κ1) is 22.3. The Morgan fingerprint density at radius 2 is 1.44 bits per heavy atom. The molecule has 2 N–H and O–H groups in total. The molecule has 1 aromatic carbocycles. The lowest BCUT2D eigenvalue weighted by Crippen LogP contribution is -2.35. The van der Waals surface area contributed by atoms with Crippen molar-refractivity contribution in [2.75, 3.05) is 6.54 Å². The molecule has 0 radical (unpaired) electrons. The Balaban J connectivity index is 1.38. The van der Waals surface area contributed by atoms with Crippen LogP contribution in [0.15, 0.2) is 18.2 Å². The second kappa shape index (κ2) is 14.0. The molecule has 0 amide bonds. The monoisotopic (exact) mass is 373 g/mol.